The monoisotopic (exact) mass is 365 g/mol. The van der Waals surface area contributed by atoms with E-state index >= 15 is 0 Å². The van der Waals surface area contributed by atoms with E-state index in [2.05, 4.69) is 15.9 Å². The van der Waals surface area contributed by atoms with Crippen LogP contribution in [0.3, 0.4) is 0 Å². The van der Waals surface area contributed by atoms with Gasteiger partial charge in [-0.05, 0) is 40.0 Å². The van der Waals surface area contributed by atoms with Gasteiger partial charge in [0.2, 0.25) is 0 Å². The first kappa shape index (κ1) is 17.8. The van der Waals surface area contributed by atoms with E-state index in [-0.39, 0.29) is 5.84 Å². The zero-order valence-corrected chi connectivity index (χ0v) is 13.6. The maximum Gasteiger partial charge on any atom is 0.416 e. The number of alkyl halides is 3. The van der Waals surface area contributed by atoms with Crippen LogP contribution in [-0.2, 0) is 6.18 Å². The molecule has 0 heterocycles. The Morgan fingerprint density at radius 1 is 1.38 bits per heavy atom. The second kappa shape index (κ2) is 7.15. The Balaban J connectivity index is 3.04. The highest BCUT2D eigenvalue weighted by Gasteiger charge is 2.31. The van der Waals surface area contributed by atoms with Crippen molar-refractivity contribution in [1.82, 2.24) is 0 Å². The van der Waals surface area contributed by atoms with Crippen LogP contribution in [0.1, 0.15) is 25.8 Å². The third-order valence-corrected chi connectivity index (χ3v) is 3.49. The minimum Gasteiger partial charge on any atom is -0.388 e. The van der Waals surface area contributed by atoms with Gasteiger partial charge in [-0.15, -0.1) is 0 Å². The standard InChI is InChI=1S/C14H19BrF3N3/c1-9(2)8-21(6-5-13(19)20)12-4-3-10(7-11(12)15)14(16,17)18/h3-4,7,9H,5-6,8H2,1-2H3,(H3,19,20). The zero-order chi connectivity index (χ0) is 16.2. The Bertz CT molecular complexity index is 501. The molecule has 3 nitrogen and oxygen atoms in total. The number of hydrogen-bond donors (Lipinski definition) is 2. The quantitative estimate of drug-likeness (QED) is 0.584. The molecular formula is C14H19BrF3N3. The van der Waals surface area contributed by atoms with Gasteiger partial charge in [0.25, 0.3) is 0 Å². The second-order valence-electron chi connectivity index (χ2n) is 5.28. The van der Waals surface area contributed by atoms with Crippen molar-refractivity contribution >= 4 is 27.5 Å². The topological polar surface area (TPSA) is 53.1 Å². The molecule has 0 aliphatic rings. The van der Waals surface area contributed by atoms with E-state index in [0.29, 0.717) is 35.6 Å². The maximum absolute atomic E-state index is 12.7. The van der Waals surface area contributed by atoms with Crippen molar-refractivity contribution < 1.29 is 13.2 Å². The van der Waals surface area contributed by atoms with Crippen molar-refractivity contribution in [2.75, 3.05) is 18.0 Å². The molecule has 1 aromatic rings. The van der Waals surface area contributed by atoms with E-state index < -0.39 is 11.7 Å². The van der Waals surface area contributed by atoms with Crippen LogP contribution in [0, 0.1) is 11.3 Å². The van der Waals surface area contributed by atoms with Gasteiger partial charge < -0.3 is 10.6 Å². The van der Waals surface area contributed by atoms with Crippen LogP contribution in [0.4, 0.5) is 18.9 Å². The van der Waals surface area contributed by atoms with Gasteiger partial charge in [0.05, 0.1) is 17.1 Å². The predicted octanol–water partition coefficient (Wildman–Crippen LogP) is 4.26. The number of hydrogen-bond acceptors (Lipinski definition) is 2. The van der Waals surface area contributed by atoms with Crippen molar-refractivity contribution in [3.8, 4) is 0 Å². The van der Waals surface area contributed by atoms with Crippen molar-refractivity contribution in [2.45, 2.75) is 26.4 Å². The molecule has 3 N–H and O–H groups in total. The molecule has 0 fully saturated rings. The summed E-state index contributed by atoms with van der Waals surface area (Å²) in [4.78, 5) is 1.94. The first-order valence-electron chi connectivity index (χ1n) is 6.56. The number of anilines is 1. The molecule has 0 aliphatic heterocycles. The summed E-state index contributed by atoms with van der Waals surface area (Å²) in [5, 5.41) is 7.29. The first-order chi connectivity index (χ1) is 9.61. The van der Waals surface area contributed by atoms with Crippen molar-refractivity contribution in [3.63, 3.8) is 0 Å². The van der Waals surface area contributed by atoms with E-state index in [1.54, 1.807) is 0 Å². The molecule has 0 saturated carbocycles. The van der Waals surface area contributed by atoms with Crippen LogP contribution in [0.15, 0.2) is 22.7 Å². The van der Waals surface area contributed by atoms with Gasteiger partial charge in [-0.2, -0.15) is 13.2 Å². The van der Waals surface area contributed by atoms with Crippen molar-refractivity contribution in [3.05, 3.63) is 28.2 Å². The van der Waals surface area contributed by atoms with Crippen LogP contribution >= 0.6 is 15.9 Å². The van der Waals surface area contributed by atoms with Gasteiger partial charge in [-0.25, -0.2) is 0 Å². The van der Waals surface area contributed by atoms with Gasteiger partial charge >= 0.3 is 6.18 Å². The normalized spacial score (nSPS) is 11.8. The summed E-state index contributed by atoms with van der Waals surface area (Å²) in [6.07, 6.45) is -3.98. The van der Waals surface area contributed by atoms with Gasteiger partial charge in [0, 0.05) is 24.0 Å². The van der Waals surface area contributed by atoms with Crippen LogP contribution in [0.25, 0.3) is 0 Å². The van der Waals surface area contributed by atoms with Gasteiger partial charge in [0.15, 0.2) is 0 Å². The number of nitrogens with two attached hydrogens (primary N) is 1. The third kappa shape index (κ3) is 5.57. The number of halogens is 4. The Morgan fingerprint density at radius 2 is 2.00 bits per heavy atom. The summed E-state index contributed by atoms with van der Waals surface area (Å²) in [7, 11) is 0. The zero-order valence-electron chi connectivity index (χ0n) is 12.0. The molecule has 0 saturated heterocycles. The highest BCUT2D eigenvalue weighted by molar-refractivity contribution is 9.10. The van der Waals surface area contributed by atoms with Crippen LogP contribution in [0.2, 0.25) is 0 Å². The smallest absolute Gasteiger partial charge is 0.388 e. The largest absolute Gasteiger partial charge is 0.416 e. The summed E-state index contributed by atoms with van der Waals surface area (Å²) in [5.74, 6) is 0.401. The van der Waals surface area contributed by atoms with E-state index in [4.69, 9.17) is 11.1 Å². The minimum atomic E-state index is -4.36. The van der Waals surface area contributed by atoms with E-state index in [1.807, 2.05) is 18.7 Å². The summed E-state index contributed by atoms with van der Waals surface area (Å²) >= 11 is 3.21. The number of rotatable bonds is 6. The molecule has 0 atom stereocenters. The summed E-state index contributed by atoms with van der Waals surface area (Å²) < 4.78 is 38.4. The summed E-state index contributed by atoms with van der Waals surface area (Å²) in [6, 6.07) is 3.60. The Hall–Kier alpha value is -1.24. The number of nitrogens with zero attached hydrogens (tertiary/aromatic N) is 1. The lowest BCUT2D eigenvalue weighted by molar-refractivity contribution is -0.137. The molecule has 7 heteroatoms. The molecule has 0 aromatic heterocycles. The van der Waals surface area contributed by atoms with Gasteiger partial charge in [-0.3, -0.25) is 5.41 Å². The van der Waals surface area contributed by atoms with E-state index in [0.717, 1.165) is 12.1 Å². The molecule has 0 radical (unpaired) electrons. The molecule has 0 bridgehead atoms. The Kier molecular flexibility index (Phi) is 6.07. The van der Waals surface area contributed by atoms with Crippen molar-refractivity contribution in [1.29, 1.82) is 5.41 Å². The maximum atomic E-state index is 12.7. The fourth-order valence-corrected chi connectivity index (χ4v) is 2.58. The molecule has 0 unspecified atom stereocenters. The fraction of sp³-hybridized carbons (Fsp3) is 0.500. The second-order valence-corrected chi connectivity index (χ2v) is 6.13. The Labute approximate surface area is 131 Å². The molecule has 0 aliphatic carbocycles. The summed E-state index contributed by atoms with van der Waals surface area (Å²) in [5.41, 5.74) is 5.36. The number of amidine groups is 1. The predicted molar refractivity (Wildman–Crippen MR) is 82.7 cm³/mol. The SMILES string of the molecule is CC(C)CN(CCC(=N)N)c1ccc(C(F)(F)F)cc1Br. The van der Waals surface area contributed by atoms with Crippen molar-refractivity contribution in [2.24, 2.45) is 11.7 Å². The highest BCUT2D eigenvalue weighted by Crippen LogP contribution is 2.35. The lowest BCUT2D eigenvalue weighted by atomic mass is 10.1. The molecule has 21 heavy (non-hydrogen) atoms. The number of nitrogens with one attached hydrogen (secondary N) is 1. The Morgan fingerprint density at radius 3 is 2.43 bits per heavy atom. The lowest BCUT2D eigenvalue weighted by Crippen LogP contribution is -2.31. The van der Waals surface area contributed by atoms with Crippen LogP contribution < -0.4 is 10.6 Å². The highest BCUT2D eigenvalue weighted by atomic mass is 79.9. The number of benzene rings is 1. The molecule has 118 valence electrons. The molecule has 1 aromatic carbocycles. The third-order valence-electron chi connectivity index (χ3n) is 2.85. The average Bonchev–Trinajstić information content (AvgIpc) is 2.32. The molecular weight excluding hydrogens is 347 g/mol. The lowest BCUT2D eigenvalue weighted by Gasteiger charge is -2.28. The van der Waals surface area contributed by atoms with Gasteiger partial charge in [0.1, 0.15) is 0 Å². The van der Waals surface area contributed by atoms with Crippen LogP contribution in [0.5, 0.6) is 0 Å². The van der Waals surface area contributed by atoms with E-state index in [1.165, 1.54) is 6.07 Å². The van der Waals surface area contributed by atoms with Gasteiger partial charge in [-0.1, -0.05) is 13.8 Å². The first-order valence-corrected chi connectivity index (χ1v) is 7.35. The minimum absolute atomic E-state index is 0.0618. The van der Waals surface area contributed by atoms with E-state index in [9.17, 15) is 13.2 Å². The van der Waals surface area contributed by atoms with Crippen LogP contribution in [-0.4, -0.2) is 18.9 Å². The summed E-state index contributed by atoms with van der Waals surface area (Å²) in [6.45, 7) is 5.23. The molecule has 0 amide bonds. The average molecular weight is 366 g/mol. The molecule has 1 rings (SSSR count). The fourth-order valence-electron chi connectivity index (χ4n) is 1.95. The molecule has 0 spiro atoms.